The van der Waals surface area contributed by atoms with Crippen LogP contribution in [0.1, 0.15) is 103 Å². The van der Waals surface area contributed by atoms with Crippen LogP contribution in [0.3, 0.4) is 0 Å². The molecule has 2 saturated carbocycles. The first-order valence-corrected chi connectivity index (χ1v) is 12.3. The largest absolute Gasteiger partial charge is 0.279 e. The van der Waals surface area contributed by atoms with Crippen molar-refractivity contribution >= 4 is 23.0 Å². The number of hydrogen-bond donors (Lipinski definition) is 2. The van der Waals surface area contributed by atoms with Gasteiger partial charge in [0.1, 0.15) is 0 Å². The molecule has 0 unspecified atom stereocenters. The van der Waals surface area contributed by atoms with Gasteiger partial charge in [0.15, 0.2) is 0 Å². The zero-order valence-corrected chi connectivity index (χ0v) is 20.9. The van der Waals surface area contributed by atoms with Gasteiger partial charge in [0.2, 0.25) is 0 Å². The second kappa shape index (κ2) is 10.2. The van der Waals surface area contributed by atoms with E-state index in [-0.39, 0.29) is 5.91 Å². The Morgan fingerprint density at radius 1 is 0.812 bits per heavy atom. The Morgan fingerprint density at radius 3 is 1.81 bits per heavy atom. The third-order valence-corrected chi connectivity index (χ3v) is 7.36. The summed E-state index contributed by atoms with van der Waals surface area (Å²) in [7, 11) is 0. The van der Waals surface area contributed by atoms with E-state index < -0.39 is 0 Å². The van der Waals surface area contributed by atoms with Crippen molar-refractivity contribution in [1.29, 1.82) is 0 Å². The topological polar surface area (TPSA) is 65.8 Å². The van der Waals surface area contributed by atoms with Crippen molar-refractivity contribution < 1.29 is 4.79 Å². The third kappa shape index (κ3) is 6.91. The van der Waals surface area contributed by atoms with Gasteiger partial charge in [0, 0.05) is 17.0 Å². The second-order valence-electron chi connectivity index (χ2n) is 11.8. The lowest BCUT2D eigenvalue weighted by Gasteiger charge is -2.34. The highest BCUT2D eigenvalue weighted by atomic mass is 16.2. The van der Waals surface area contributed by atoms with E-state index in [1.807, 2.05) is 24.3 Å². The Bertz CT molecular complexity index is 837. The van der Waals surface area contributed by atoms with Crippen molar-refractivity contribution in [2.45, 2.75) is 92.9 Å². The van der Waals surface area contributed by atoms with E-state index in [9.17, 15) is 4.79 Å². The molecule has 2 aliphatic rings. The number of nitrogens with zero attached hydrogens (tertiary/aromatic N) is 2. The van der Waals surface area contributed by atoms with E-state index in [1.54, 1.807) is 0 Å². The van der Waals surface area contributed by atoms with Crippen molar-refractivity contribution in [3.05, 3.63) is 29.8 Å². The molecule has 0 heterocycles. The molecule has 0 bridgehead atoms. The molecule has 176 valence electrons. The van der Waals surface area contributed by atoms with Crippen molar-refractivity contribution in [3.63, 3.8) is 0 Å². The number of carbonyl (C=O) groups excluding carboxylic acids is 1. The summed E-state index contributed by atoms with van der Waals surface area (Å²) in [4.78, 5) is 12.6. The number of amides is 1. The van der Waals surface area contributed by atoms with Gasteiger partial charge in [-0.3, -0.25) is 10.2 Å². The maximum atomic E-state index is 12.6. The molecular weight excluding hydrogens is 396 g/mol. The summed E-state index contributed by atoms with van der Waals surface area (Å²) in [5.41, 5.74) is 10.4. The molecule has 5 nitrogen and oxygen atoms in total. The van der Waals surface area contributed by atoms with Gasteiger partial charge in [0.05, 0.1) is 5.69 Å². The fourth-order valence-electron chi connectivity index (χ4n) is 4.93. The summed E-state index contributed by atoms with van der Waals surface area (Å²) in [6, 6.07) is 7.49. The molecule has 0 aromatic heterocycles. The van der Waals surface area contributed by atoms with E-state index in [0.29, 0.717) is 16.4 Å². The van der Waals surface area contributed by atoms with E-state index in [2.05, 4.69) is 62.6 Å². The van der Waals surface area contributed by atoms with Crippen LogP contribution in [-0.4, -0.2) is 17.3 Å². The minimum atomic E-state index is -0.169. The lowest BCUT2D eigenvalue weighted by Crippen LogP contribution is -2.27. The number of anilines is 1. The summed E-state index contributed by atoms with van der Waals surface area (Å²) in [5, 5.41) is 9.05. The fourth-order valence-corrected chi connectivity index (χ4v) is 4.93. The average Bonchev–Trinajstić information content (AvgIpc) is 2.75. The molecule has 3 rings (SSSR count). The number of hydrazone groups is 2. The highest BCUT2D eigenvalue weighted by molar-refractivity contribution is 5.96. The number of nitrogens with one attached hydrogen (secondary N) is 2. The van der Waals surface area contributed by atoms with Crippen LogP contribution in [0.4, 0.5) is 5.69 Å². The Hall–Kier alpha value is -2.17. The molecule has 2 aliphatic carbocycles. The van der Waals surface area contributed by atoms with Gasteiger partial charge in [-0.25, -0.2) is 5.43 Å². The van der Waals surface area contributed by atoms with Crippen LogP contribution >= 0.6 is 0 Å². The van der Waals surface area contributed by atoms with Crippen LogP contribution in [0.5, 0.6) is 0 Å². The van der Waals surface area contributed by atoms with Crippen molar-refractivity contribution in [1.82, 2.24) is 5.43 Å². The maximum Gasteiger partial charge on any atom is 0.271 e. The van der Waals surface area contributed by atoms with E-state index in [4.69, 9.17) is 0 Å². The molecule has 32 heavy (non-hydrogen) atoms. The van der Waals surface area contributed by atoms with Crippen LogP contribution in [0.2, 0.25) is 0 Å². The number of rotatable bonds is 4. The minimum Gasteiger partial charge on any atom is -0.279 e. The fraction of sp³-hybridized carbons (Fsp3) is 0.667. The summed E-state index contributed by atoms with van der Waals surface area (Å²) >= 11 is 0. The minimum absolute atomic E-state index is 0.169. The lowest BCUT2D eigenvalue weighted by atomic mass is 9.72. The van der Waals surface area contributed by atoms with Crippen LogP contribution in [0.25, 0.3) is 0 Å². The molecule has 0 radical (unpaired) electrons. The molecule has 2 N–H and O–H groups in total. The summed E-state index contributed by atoms with van der Waals surface area (Å²) in [6.45, 7) is 13.9. The Kier molecular flexibility index (Phi) is 7.79. The first kappa shape index (κ1) is 24.5. The van der Waals surface area contributed by atoms with Gasteiger partial charge >= 0.3 is 0 Å². The van der Waals surface area contributed by atoms with Gasteiger partial charge in [-0.1, -0.05) is 47.6 Å². The molecule has 1 amide bonds. The van der Waals surface area contributed by atoms with Crippen molar-refractivity contribution in [2.24, 2.45) is 32.9 Å². The summed E-state index contributed by atoms with van der Waals surface area (Å²) < 4.78 is 0. The number of benzene rings is 1. The van der Waals surface area contributed by atoms with Gasteiger partial charge in [-0.15, -0.1) is 0 Å². The molecule has 1 aromatic rings. The predicted molar refractivity (Wildman–Crippen MR) is 135 cm³/mol. The lowest BCUT2D eigenvalue weighted by molar-refractivity contribution is 0.0954. The highest BCUT2D eigenvalue weighted by Crippen LogP contribution is 2.37. The molecule has 0 aliphatic heterocycles. The standard InChI is InChI=1S/C27H42N4O/c1-26(2,3)20-10-14-22(15-11-20)28-30-24-9-7-8-19(18-24)25(32)31-29-23-16-12-21(13-17-23)27(4,5)6/h7-9,18,20-21,30H,10-17H2,1-6H3,(H,31,32). The molecule has 0 atom stereocenters. The van der Waals surface area contributed by atoms with E-state index in [0.717, 1.165) is 61.8 Å². The monoisotopic (exact) mass is 438 g/mol. The van der Waals surface area contributed by atoms with Gasteiger partial charge in [0.25, 0.3) is 5.91 Å². The molecule has 5 heteroatoms. The molecule has 2 fully saturated rings. The molecular formula is C27H42N4O. The zero-order chi connectivity index (χ0) is 23.4. The second-order valence-corrected chi connectivity index (χ2v) is 11.8. The van der Waals surface area contributed by atoms with Gasteiger partial charge in [-0.2, -0.15) is 10.2 Å². The zero-order valence-electron chi connectivity index (χ0n) is 20.9. The van der Waals surface area contributed by atoms with E-state index >= 15 is 0 Å². The SMILES string of the molecule is CC(C)(C)C1CCC(=NNC(=O)c2cccc(NN=C3CCC(C(C)(C)C)CC3)c2)CC1. The summed E-state index contributed by atoms with van der Waals surface area (Å²) in [5.74, 6) is 1.32. The molecule has 1 aromatic carbocycles. The maximum absolute atomic E-state index is 12.6. The van der Waals surface area contributed by atoms with Crippen LogP contribution < -0.4 is 10.9 Å². The van der Waals surface area contributed by atoms with Crippen LogP contribution in [0, 0.1) is 22.7 Å². The third-order valence-electron chi connectivity index (χ3n) is 7.36. The Morgan fingerprint density at radius 2 is 1.31 bits per heavy atom. The van der Waals surface area contributed by atoms with Crippen LogP contribution in [-0.2, 0) is 0 Å². The van der Waals surface area contributed by atoms with Crippen LogP contribution in [0.15, 0.2) is 34.5 Å². The van der Waals surface area contributed by atoms with E-state index in [1.165, 1.54) is 18.6 Å². The normalized spacial score (nSPS) is 22.3. The number of carbonyl (C=O) groups is 1. The number of hydrogen-bond acceptors (Lipinski definition) is 4. The van der Waals surface area contributed by atoms with Gasteiger partial charge in [-0.05, 0) is 92.2 Å². The van der Waals surface area contributed by atoms with Crippen molar-refractivity contribution in [2.75, 3.05) is 5.43 Å². The predicted octanol–water partition coefficient (Wildman–Crippen LogP) is 7.01. The highest BCUT2D eigenvalue weighted by Gasteiger charge is 2.29. The first-order chi connectivity index (χ1) is 15.0. The smallest absolute Gasteiger partial charge is 0.271 e. The quantitative estimate of drug-likeness (QED) is 0.496. The molecule has 0 spiro atoms. The first-order valence-electron chi connectivity index (χ1n) is 12.3. The Balaban J connectivity index is 1.51. The molecule has 0 saturated heterocycles. The van der Waals surface area contributed by atoms with Crippen molar-refractivity contribution in [3.8, 4) is 0 Å². The average molecular weight is 439 g/mol. The summed E-state index contributed by atoms with van der Waals surface area (Å²) in [6.07, 6.45) is 8.72. The van der Waals surface area contributed by atoms with Gasteiger partial charge < -0.3 is 0 Å². The Labute approximate surface area is 194 Å².